The number of aromatic nitrogens is 1. The third-order valence-electron chi connectivity index (χ3n) is 1.77. The van der Waals surface area contributed by atoms with Gasteiger partial charge in [0.2, 0.25) is 0 Å². The number of carboxylic acid groups (broad SMARTS) is 1. The van der Waals surface area contributed by atoms with Crippen LogP contribution in [-0.4, -0.2) is 22.6 Å². The molecule has 0 radical (unpaired) electrons. The molecule has 0 aliphatic rings. The highest BCUT2D eigenvalue weighted by Gasteiger charge is 2.05. The van der Waals surface area contributed by atoms with Crippen LogP contribution in [0.25, 0.3) is 0 Å². The molecule has 1 rings (SSSR count). The molecule has 1 atom stereocenters. The van der Waals surface area contributed by atoms with Gasteiger partial charge in [0, 0.05) is 18.4 Å². The Morgan fingerprint density at radius 2 is 2.23 bits per heavy atom. The molecule has 4 heteroatoms. The van der Waals surface area contributed by atoms with E-state index in [-0.39, 0.29) is 12.6 Å². The Balaban J connectivity index is 2.49. The van der Waals surface area contributed by atoms with Crippen molar-refractivity contribution in [3.63, 3.8) is 0 Å². The van der Waals surface area contributed by atoms with Crippen LogP contribution in [0.3, 0.4) is 0 Å². The summed E-state index contributed by atoms with van der Waals surface area (Å²) < 4.78 is 0. The van der Waals surface area contributed by atoms with E-state index in [9.17, 15) is 4.79 Å². The molecule has 13 heavy (non-hydrogen) atoms. The van der Waals surface area contributed by atoms with Crippen LogP contribution in [0.1, 0.15) is 18.5 Å². The lowest BCUT2D eigenvalue weighted by Gasteiger charge is -2.11. The predicted molar refractivity (Wildman–Crippen MR) is 48.3 cm³/mol. The maximum absolute atomic E-state index is 10.3. The lowest BCUT2D eigenvalue weighted by Crippen LogP contribution is -2.25. The van der Waals surface area contributed by atoms with Gasteiger partial charge < -0.3 is 10.4 Å². The summed E-state index contributed by atoms with van der Waals surface area (Å²) in [5.41, 5.74) is 1.04. The SMILES string of the molecule is CC(NCC(=O)O)c1ccncc1. The fourth-order valence-corrected chi connectivity index (χ4v) is 1.01. The fraction of sp³-hybridized carbons (Fsp3) is 0.333. The number of nitrogens with zero attached hydrogens (tertiary/aromatic N) is 1. The van der Waals surface area contributed by atoms with Gasteiger partial charge in [-0.3, -0.25) is 9.78 Å². The molecule has 4 nitrogen and oxygen atoms in total. The van der Waals surface area contributed by atoms with Gasteiger partial charge in [0.1, 0.15) is 0 Å². The Hall–Kier alpha value is -1.42. The van der Waals surface area contributed by atoms with Crippen molar-refractivity contribution >= 4 is 5.97 Å². The largest absolute Gasteiger partial charge is 0.480 e. The molecule has 0 amide bonds. The molecule has 0 aromatic carbocycles. The van der Waals surface area contributed by atoms with Gasteiger partial charge in [-0.1, -0.05) is 0 Å². The highest BCUT2D eigenvalue weighted by atomic mass is 16.4. The van der Waals surface area contributed by atoms with Crippen LogP contribution in [0.15, 0.2) is 24.5 Å². The molecule has 70 valence electrons. The maximum Gasteiger partial charge on any atom is 0.317 e. The van der Waals surface area contributed by atoms with Crippen LogP contribution in [0.2, 0.25) is 0 Å². The average molecular weight is 180 g/mol. The second-order valence-electron chi connectivity index (χ2n) is 2.78. The average Bonchev–Trinajstić information content (AvgIpc) is 2.15. The first-order chi connectivity index (χ1) is 6.20. The van der Waals surface area contributed by atoms with E-state index in [1.54, 1.807) is 12.4 Å². The number of hydrogen-bond donors (Lipinski definition) is 2. The van der Waals surface area contributed by atoms with Crippen molar-refractivity contribution in [2.24, 2.45) is 0 Å². The first-order valence-corrected chi connectivity index (χ1v) is 4.05. The summed E-state index contributed by atoms with van der Waals surface area (Å²) in [5, 5.41) is 11.3. The van der Waals surface area contributed by atoms with Crippen molar-refractivity contribution in [3.8, 4) is 0 Å². The van der Waals surface area contributed by atoms with Gasteiger partial charge in [-0.05, 0) is 24.6 Å². The van der Waals surface area contributed by atoms with Gasteiger partial charge in [-0.2, -0.15) is 0 Å². The molecule has 2 N–H and O–H groups in total. The lowest BCUT2D eigenvalue weighted by molar-refractivity contribution is -0.136. The number of carboxylic acids is 1. The molecular formula is C9H12N2O2. The van der Waals surface area contributed by atoms with Crippen LogP contribution in [0.5, 0.6) is 0 Å². The monoisotopic (exact) mass is 180 g/mol. The number of pyridine rings is 1. The Bertz CT molecular complexity index is 274. The zero-order chi connectivity index (χ0) is 9.68. The van der Waals surface area contributed by atoms with E-state index in [4.69, 9.17) is 5.11 Å². The Labute approximate surface area is 76.6 Å². The van der Waals surface area contributed by atoms with Crippen molar-refractivity contribution in [1.29, 1.82) is 0 Å². The standard InChI is InChI=1S/C9H12N2O2/c1-7(11-6-9(12)13)8-2-4-10-5-3-8/h2-5,7,11H,6H2,1H3,(H,12,13). The van der Waals surface area contributed by atoms with E-state index < -0.39 is 5.97 Å². The highest BCUT2D eigenvalue weighted by molar-refractivity contribution is 5.69. The van der Waals surface area contributed by atoms with Crippen LogP contribution < -0.4 is 5.32 Å². The predicted octanol–water partition coefficient (Wildman–Crippen LogP) is 0.817. The molecule has 1 heterocycles. The van der Waals surface area contributed by atoms with Crippen LogP contribution in [-0.2, 0) is 4.79 Å². The molecular weight excluding hydrogens is 168 g/mol. The minimum atomic E-state index is -0.846. The minimum Gasteiger partial charge on any atom is -0.480 e. The number of rotatable bonds is 4. The first kappa shape index (κ1) is 9.67. The van der Waals surface area contributed by atoms with E-state index in [1.807, 2.05) is 19.1 Å². The second-order valence-corrected chi connectivity index (χ2v) is 2.78. The van der Waals surface area contributed by atoms with E-state index >= 15 is 0 Å². The summed E-state index contributed by atoms with van der Waals surface area (Å²) in [7, 11) is 0. The number of nitrogens with one attached hydrogen (secondary N) is 1. The van der Waals surface area contributed by atoms with Crippen molar-refractivity contribution in [2.75, 3.05) is 6.54 Å². The zero-order valence-corrected chi connectivity index (χ0v) is 7.40. The summed E-state index contributed by atoms with van der Waals surface area (Å²) in [6.07, 6.45) is 3.38. The molecule has 1 aromatic rings. The number of carbonyl (C=O) groups is 1. The van der Waals surface area contributed by atoms with Crippen molar-refractivity contribution in [1.82, 2.24) is 10.3 Å². The van der Waals surface area contributed by atoms with E-state index in [1.165, 1.54) is 0 Å². The summed E-state index contributed by atoms with van der Waals surface area (Å²) in [4.78, 5) is 14.1. The molecule has 0 saturated carbocycles. The summed E-state index contributed by atoms with van der Waals surface area (Å²) >= 11 is 0. The third-order valence-corrected chi connectivity index (χ3v) is 1.77. The van der Waals surface area contributed by atoms with Crippen molar-refractivity contribution < 1.29 is 9.90 Å². The molecule has 0 spiro atoms. The molecule has 0 bridgehead atoms. The quantitative estimate of drug-likeness (QED) is 0.720. The van der Waals surface area contributed by atoms with Crippen LogP contribution >= 0.6 is 0 Å². The Kier molecular flexibility index (Phi) is 3.40. The Morgan fingerprint density at radius 1 is 1.62 bits per heavy atom. The minimum absolute atomic E-state index is 0.0243. The molecule has 0 aliphatic heterocycles. The number of aliphatic carboxylic acids is 1. The van der Waals surface area contributed by atoms with Crippen LogP contribution in [0.4, 0.5) is 0 Å². The highest BCUT2D eigenvalue weighted by Crippen LogP contribution is 2.08. The second kappa shape index (κ2) is 4.57. The molecule has 1 aromatic heterocycles. The maximum atomic E-state index is 10.3. The summed E-state index contributed by atoms with van der Waals surface area (Å²) in [6, 6.07) is 3.76. The molecule has 1 unspecified atom stereocenters. The smallest absolute Gasteiger partial charge is 0.317 e. The molecule has 0 fully saturated rings. The van der Waals surface area contributed by atoms with Crippen LogP contribution in [0, 0.1) is 0 Å². The summed E-state index contributed by atoms with van der Waals surface area (Å²) in [6.45, 7) is 1.89. The third kappa shape index (κ3) is 3.21. The van der Waals surface area contributed by atoms with Crippen molar-refractivity contribution in [3.05, 3.63) is 30.1 Å². The van der Waals surface area contributed by atoms with Gasteiger partial charge in [-0.25, -0.2) is 0 Å². The van der Waals surface area contributed by atoms with Gasteiger partial charge >= 0.3 is 5.97 Å². The van der Waals surface area contributed by atoms with Gasteiger partial charge in [-0.15, -0.1) is 0 Å². The van der Waals surface area contributed by atoms with Gasteiger partial charge in [0.05, 0.1) is 6.54 Å². The van der Waals surface area contributed by atoms with E-state index in [2.05, 4.69) is 10.3 Å². The Morgan fingerprint density at radius 3 is 2.77 bits per heavy atom. The number of hydrogen-bond acceptors (Lipinski definition) is 3. The summed E-state index contributed by atoms with van der Waals surface area (Å²) in [5.74, 6) is -0.846. The molecule has 0 aliphatic carbocycles. The van der Waals surface area contributed by atoms with E-state index in [0.717, 1.165) is 5.56 Å². The topological polar surface area (TPSA) is 62.2 Å². The van der Waals surface area contributed by atoms with Crippen molar-refractivity contribution in [2.45, 2.75) is 13.0 Å². The van der Waals surface area contributed by atoms with Gasteiger partial charge in [0.15, 0.2) is 0 Å². The fourth-order valence-electron chi connectivity index (χ4n) is 1.01. The molecule has 0 saturated heterocycles. The zero-order valence-electron chi connectivity index (χ0n) is 7.40. The lowest BCUT2D eigenvalue weighted by atomic mass is 10.1. The van der Waals surface area contributed by atoms with E-state index in [0.29, 0.717) is 0 Å². The first-order valence-electron chi connectivity index (χ1n) is 4.05. The normalized spacial score (nSPS) is 12.4. The van der Waals surface area contributed by atoms with Gasteiger partial charge in [0.25, 0.3) is 0 Å².